The lowest BCUT2D eigenvalue weighted by Crippen LogP contribution is -2.01. The zero-order chi connectivity index (χ0) is 14.6. The molecule has 0 saturated heterocycles. The minimum atomic E-state index is -0.492. The Morgan fingerprint density at radius 3 is 2.70 bits per heavy atom. The first-order chi connectivity index (χ1) is 9.68. The summed E-state index contributed by atoms with van der Waals surface area (Å²) in [6.45, 7) is 0.324. The molecule has 0 heterocycles. The summed E-state index contributed by atoms with van der Waals surface area (Å²) in [5.41, 5.74) is 0.939. The van der Waals surface area contributed by atoms with Crippen LogP contribution in [0.15, 0.2) is 48.7 Å². The average molecular weight is 275 g/mol. The predicted molar refractivity (Wildman–Crippen MR) is 76.4 cm³/mol. The number of esters is 1. The Bertz CT molecular complexity index is 480. The number of hydrogen-bond donors (Lipinski definition) is 0. The van der Waals surface area contributed by atoms with Crippen molar-refractivity contribution in [1.82, 2.24) is 0 Å². The molecule has 1 rings (SSSR count). The summed E-state index contributed by atoms with van der Waals surface area (Å²) in [4.78, 5) is 20.9. The van der Waals surface area contributed by atoms with Crippen LogP contribution >= 0.6 is 0 Å². The van der Waals surface area contributed by atoms with Gasteiger partial charge in [0.25, 0.3) is 0 Å². The number of nitrogens with zero attached hydrogens (tertiary/aromatic N) is 1. The molecule has 0 aliphatic heterocycles. The fraction of sp³-hybridized carbons (Fsp3) is 0.267. The fourth-order valence-corrected chi connectivity index (χ4v) is 1.47. The van der Waals surface area contributed by atoms with E-state index in [1.54, 1.807) is 6.08 Å². The molecule has 0 aliphatic carbocycles. The number of hydrogen-bond acceptors (Lipinski definition) is 4. The topological polar surface area (TPSA) is 69.4 Å². The largest absolute Gasteiger partial charge is 0.463 e. The first-order valence-electron chi connectivity index (χ1n) is 6.38. The van der Waals surface area contributed by atoms with Crippen LogP contribution in [0.25, 0.3) is 6.08 Å². The van der Waals surface area contributed by atoms with Crippen LogP contribution in [0.5, 0.6) is 0 Å². The second-order valence-electron chi connectivity index (χ2n) is 4.08. The third-order valence-electron chi connectivity index (χ3n) is 2.45. The molecule has 0 atom stereocenters. The molecule has 0 saturated carbocycles. The Balaban J connectivity index is 2.12. The third-order valence-corrected chi connectivity index (χ3v) is 2.45. The molecular formula is C15H17NO4. The molecule has 106 valence electrons. The van der Waals surface area contributed by atoms with Gasteiger partial charge in [-0.3, -0.25) is 10.1 Å². The Morgan fingerprint density at radius 2 is 2.00 bits per heavy atom. The summed E-state index contributed by atoms with van der Waals surface area (Å²) < 4.78 is 5.01. The zero-order valence-corrected chi connectivity index (χ0v) is 11.1. The van der Waals surface area contributed by atoms with E-state index in [2.05, 4.69) is 0 Å². The van der Waals surface area contributed by atoms with Crippen LogP contribution in [0.3, 0.4) is 0 Å². The molecule has 0 aliphatic rings. The molecule has 5 heteroatoms. The summed E-state index contributed by atoms with van der Waals surface area (Å²) in [7, 11) is 0. The van der Waals surface area contributed by atoms with Crippen molar-refractivity contribution < 1.29 is 14.5 Å². The minimum Gasteiger partial charge on any atom is -0.463 e. The highest BCUT2D eigenvalue weighted by Gasteiger charge is 1.96. The molecule has 0 N–H and O–H groups in total. The first kappa shape index (κ1) is 15.6. The monoisotopic (exact) mass is 275 g/mol. The summed E-state index contributed by atoms with van der Waals surface area (Å²) >= 11 is 0. The molecule has 0 amide bonds. The van der Waals surface area contributed by atoms with Gasteiger partial charge in [-0.15, -0.1) is 0 Å². The molecule has 0 aromatic heterocycles. The van der Waals surface area contributed by atoms with Gasteiger partial charge in [-0.1, -0.05) is 30.3 Å². The molecular weight excluding hydrogens is 258 g/mol. The van der Waals surface area contributed by atoms with Crippen LogP contribution in [0, 0.1) is 10.1 Å². The van der Waals surface area contributed by atoms with Crippen molar-refractivity contribution in [2.75, 3.05) is 6.61 Å². The van der Waals surface area contributed by atoms with E-state index in [1.807, 2.05) is 30.3 Å². The second kappa shape index (κ2) is 9.49. The maximum Gasteiger partial charge on any atom is 0.330 e. The van der Waals surface area contributed by atoms with Crippen LogP contribution in [0.4, 0.5) is 0 Å². The van der Waals surface area contributed by atoms with E-state index >= 15 is 0 Å². The molecule has 20 heavy (non-hydrogen) atoms. The zero-order valence-electron chi connectivity index (χ0n) is 11.1. The molecule has 1 aromatic carbocycles. The smallest absolute Gasteiger partial charge is 0.330 e. The van der Waals surface area contributed by atoms with E-state index in [-0.39, 0.29) is 5.97 Å². The van der Waals surface area contributed by atoms with Gasteiger partial charge >= 0.3 is 5.97 Å². The summed E-state index contributed by atoms with van der Waals surface area (Å²) in [6.07, 6.45) is 7.56. The van der Waals surface area contributed by atoms with Gasteiger partial charge in [-0.25, -0.2) is 4.79 Å². The van der Waals surface area contributed by atoms with Crippen LogP contribution in [0.2, 0.25) is 0 Å². The number of ether oxygens (including phenoxy) is 1. The molecule has 0 spiro atoms. The van der Waals surface area contributed by atoms with Gasteiger partial charge in [-0.2, -0.15) is 0 Å². The third kappa shape index (κ3) is 7.81. The van der Waals surface area contributed by atoms with Gasteiger partial charge in [0.1, 0.15) is 0 Å². The Hall–Kier alpha value is -2.43. The van der Waals surface area contributed by atoms with Crippen molar-refractivity contribution in [1.29, 1.82) is 0 Å². The molecule has 5 nitrogen and oxygen atoms in total. The van der Waals surface area contributed by atoms with E-state index < -0.39 is 4.92 Å². The lowest BCUT2D eigenvalue weighted by atomic mass is 10.2. The lowest BCUT2D eigenvalue weighted by molar-refractivity contribution is -0.402. The van der Waals surface area contributed by atoms with Crippen molar-refractivity contribution in [3.05, 3.63) is 64.4 Å². The quantitative estimate of drug-likeness (QED) is 0.240. The maximum atomic E-state index is 11.4. The van der Waals surface area contributed by atoms with Crippen molar-refractivity contribution in [3.8, 4) is 0 Å². The lowest BCUT2D eigenvalue weighted by Gasteiger charge is -2.00. The molecule has 0 fully saturated rings. The number of rotatable bonds is 8. The maximum absolute atomic E-state index is 11.4. The number of carbonyl (C=O) groups is 1. The van der Waals surface area contributed by atoms with E-state index in [4.69, 9.17) is 4.74 Å². The highest BCUT2D eigenvalue weighted by atomic mass is 16.6. The van der Waals surface area contributed by atoms with Crippen molar-refractivity contribution in [3.63, 3.8) is 0 Å². The Kier molecular flexibility index (Phi) is 7.42. The molecule has 1 aromatic rings. The SMILES string of the molecule is O=C(/C=C/c1ccccc1)OCCCC/C=C/[N+](=O)[O-]. The second-order valence-corrected chi connectivity index (χ2v) is 4.08. The fourth-order valence-electron chi connectivity index (χ4n) is 1.47. The van der Waals surface area contributed by atoms with E-state index in [0.29, 0.717) is 19.4 Å². The molecule has 0 unspecified atom stereocenters. The first-order valence-corrected chi connectivity index (χ1v) is 6.38. The minimum absolute atomic E-state index is 0.324. The van der Waals surface area contributed by atoms with Gasteiger partial charge in [0.15, 0.2) is 0 Å². The standard InChI is InChI=1S/C15H17NO4/c17-15(11-10-14-8-4-3-5-9-14)20-13-7-2-1-6-12-16(18)19/h3-6,8-12H,1-2,7,13H2/b11-10+,12-6+. The molecule has 0 bridgehead atoms. The number of unbranched alkanes of at least 4 members (excludes halogenated alkanes) is 2. The summed E-state index contributed by atoms with van der Waals surface area (Å²) in [6, 6.07) is 9.48. The van der Waals surface area contributed by atoms with Crippen molar-refractivity contribution in [2.24, 2.45) is 0 Å². The van der Waals surface area contributed by atoms with E-state index in [1.165, 1.54) is 12.2 Å². The van der Waals surface area contributed by atoms with Gasteiger partial charge in [-0.05, 0) is 37.0 Å². The number of allylic oxidation sites excluding steroid dienone is 1. The molecule has 0 radical (unpaired) electrons. The van der Waals surface area contributed by atoms with Crippen LogP contribution in [0.1, 0.15) is 24.8 Å². The van der Waals surface area contributed by atoms with Gasteiger partial charge in [0, 0.05) is 6.08 Å². The van der Waals surface area contributed by atoms with Gasteiger partial charge in [0.05, 0.1) is 11.5 Å². The van der Waals surface area contributed by atoms with Crippen LogP contribution in [-0.2, 0) is 9.53 Å². The predicted octanol–water partition coefficient (Wildman–Crippen LogP) is 3.20. The van der Waals surface area contributed by atoms with Crippen LogP contribution < -0.4 is 0 Å². The van der Waals surface area contributed by atoms with E-state index in [9.17, 15) is 14.9 Å². The van der Waals surface area contributed by atoms with Crippen LogP contribution in [-0.4, -0.2) is 17.5 Å². The van der Waals surface area contributed by atoms with E-state index in [0.717, 1.165) is 18.2 Å². The van der Waals surface area contributed by atoms with Gasteiger partial charge in [0.2, 0.25) is 6.20 Å². The number of benzene rings is 1. The van der Waals surface area contributed by atoms with Gasteiger partial charge < -0.3 is 4.74 Å². The highest BCUT2D eigenvalue weighted by molar-refractivity contribution is 5.86. The summed E-state index contributed by atoms with van der Waals surface area (Å²) in [5, 5.41) is 10.0. The number of nitro groups is 1. The highest BCUT2D eigenvalue weighted by Crippen LogP contribution is 2.02. The Labute approximate surface area is 117 Å². The normalized spacial score (nSPS) is 11.0. The summed E-state index contributed by atoms with van der Waals surface area (Å²) in [5.74, 6) is -0.380. The van der Waals surface area contributed by atoms with Crippen molar-refractivity contribution in [2.45, 2.75) is 19.3 Å². The average Bonchev–Trinajstić information content (AvgIpc) is 2.45. The van der Waals surface area contributed by atoms with Crippen molar-refractivity contribution >= 4 is 12.0 Å². The Morgan fingerprint density at radius 1 is 1.25 bits per heavy atom. The number of carbonyl (C=O) groups excluding carboxylic acids is 1.